The number of hydrogen-bond acceptors (Lipinski definition) is 2. The van der Waals surface area contributed by atoms with Crippen LogP contribution >= 0.6 is 28.1 Å². The Bertz CT molecular complexity index is 423. The molecule has 0 aliphatic heterocycles. The maximum Gasteiger partial charge on any atom is 0.161 e. The molecule has 0 radical (unpaired) electrons. The first-order valence-corrected chi connectivity index (χ1v) is 6.68. The maximum atomic E-state index is 14.1. The number of anilines is 1. The molecule has 0 heterocycles. The molecule has 0 atom stereocenters. The molecule has 2 N–H and O–H groups in total. The average Bonchev–Trinajstić information content (AvgIpc) is 2.29. The topological polar surface area (TPSA) is 29.3 Å². The van der Waals surface area contributed by atoms with Crippen LogP contribution in [0.5, 0.6) is 0 Å². The normalized spacial score (nSPS) is 10.4. The van der Waals surface area contributed by atoms with Crippen LogP contribution in [0.3, 0.4) is 0 Å². The van der Waals surface area contributed by atoms with Gasteiger partial charge in [-0.3, -0.25) is 0 Å². The predicted octanol–water partition coefficient (Wildman–Crippen LogP) is 3.46. The van der Waals surface area contributed by atoms with Gasteiger partial charge in [-0.25, -0.2) is 4.39 Å². The van der Waals surface area contributed by atoms with E-state index >= 15 is 0 Å². The van der Waals surface area contributed by atoms with Crippen LogP contribution in [0.2, 0.25) is 0 Å². The Labute approximate surface area is 115 Å². The molecule has 17 heavy (non-hydrogen) atoms. The number of rotatable bonds is 5. The molecule has 0 amide bonds. The summed E-state index contributed by atoms with van der Waals surface area (Å²) >= 11 is 8.05. The third kappa shape index (κ3) is 3.39. The van der Waals surface area contributed by atoms with Crippen molar-refractivity contribution in [2.75, 3.05) is 18.5 Å². The number of thiocarbonyl (C=S) groups is 1. The van der Waals surface area contributed by atoms with Gasteiger partial charge in [-0.2, -0.15) is 0 Å². The number of hydrogen-bond donors (Lipinski definition) is 1. The third-order valence-electron chi connectivity index (χ3n) is 2.59. The lowest BCUT2D eigenvalue weighted by Crippen LogP contribution is -2.20. The molecular weight excluding hydrogens is 303 g/mol. The van der Waals surface area contributed by atoms with Crippen molar-refractivity contribution < 1.29 is 4.39 Å². The van der Waals surface area contributed by atoms with E-state index in [1.54, 1.807) is 12.1 Å². The summed E-state index contributed by atoms with van der Waals surface area (Å²) in [5, 5.41) is 0. The van der Waals surface area contributed by atoms with Crippen LogP contribution in [0, 0.1) is 5.82 Å². The highest BCUT2D eigenvalue weighted by molar-refractivity contribution is 9.10. The first kappa shape index (κ1) is 14.4. The number of benzene rings is 1. The van der Waals surface area contributed by atoms with E-state index in [4.69, 9.17) is 18.0 Å². The molecule has 0 spiro atoms. The van der Waals surface area contributed by atoms with Gasteiger partial charge < -0.3 is 10.6 Å². The van der Waals surface area contributed by atoms with Crippen molar-refractivity contribution in [2.45, 2.75) is 19.8 Å². The molecule has 0 fully saturated rings. The van der Waals surface area contributed by atoms with E-state index in [0.717, 1.165) is 19.4 Å². The van der Waals surface area contributed by atoms with E-state index in [1.807, 2.05) is 11.9 Å². The minimum absolute atomic E-state index is 0.193. The van der Waals surface area contributed by atoms with E-state index in [1.165, 1.54) is 0 Å². The SMILES string of the molecule is CCCCN(C)c1ccc(C(N)=S)c(Br)c1F. The lowest BCUT2D eigenvalue weighted by Gasteiger charge is -2.20. The lowest BCUT2D eigenvalue weighted by atomic mass is 10.2. The largest absolute Gasteiger partial charge is 0.389 e. The second-order valence-electron chi connectivity index (χ2n) is 3.90. The van der Waals surface area contributed by atoms with Gasteiger partial charge in [-0.05, 0) is 34.5 Å². The van der Waals surface area contributed by atoms with Crippen molar-refractivity contribution in [2.24, 2.45) is 5.73 Å². The Hall–Kier alpha value is -0.680. The zero-order chi connectivity index (χ0) is 13.0. The van der Waals surface area contributed by atoms with Gasteiger partial charge >= 0.3 is 0 Å². The van der Waals surface area contributed by atoms with Gasteiger partial charge in [0.15, 0.2) is 5.82 Å². The minimum atomic E-state index is -0.311. The van der Waals surface area contributed by atoms with Gasteiger partial charge in [0.2, 0.25) is 0 Å². The second kappa shape index (κ2) is 6.31. The first-order valence-electron chi connectivity index (χ1n) is 5.48. The summed E-state index contributed by atoms with van der Waals surface area (Å²) in [6, 6.07) is 3.46. The molecule has 1 aromatic rings. The Morgan fingerprint density at radius 1 is 1.53 bits per heavy atom. The third-order valence-corrected chi connectivity index (χ3v) is 3.58. The van der Waals surface area contributed by atoms with Gasteiger partial charge in [0.05, 0.1) is 10.2 Å². The van der Waals surface area contributed by atoms with Crippen molar-refractivity contribution in [3.8, 4) is 0 Å². The summed E-state index contributed by atoms with van der Waals surface area (Å²) in [5.41, 5.74) is 6.60. The molecule has 0 saturated carbocycles. The molecule has 2 nitrogen and oxygen atoms in total. The molecule has 1 rings (SSSR count). The fraction of sp³-hybridized carbons (Fsp3) is 0.417. The zero-order valence-electron chi connectivity index (χ0n) is 9.96. The summed E-state index contributed by atoms with van der Waals surface area (Å²) in [7, 11) is 1.88. The highest BCUT2D eigenvalue weighted by atomic mass is 79.9. The number of halogens is 2. The van der Waals surface area contributed by atoms with Crippen molar-refractivity contribution in [3.05, 3.63) is 28.0 Å². The van der Waals surface area contributed by atoms with Crippen molar-refractivity contribution in [1.29, 1.82) is 0 Å². The average molecular weight is 319 g/mol. The lowest BCUT2D eigenvalue weighted by molar-refractivity contribution is 0.613. The second-order valence-corrected chi connectivity index (χ2v) is 5.13. The summed E-state index contributed by atoms with van der Waals surface area (Å²) < 4.78 is 14.4. The van der Waals surface area contributed by atoms with E-state index < -0.39 is 0 Å². The van der Waals surface area contributed by atoms with Crippen LogP contribution in [0.15, 0.2) is 16.6 Å². The van der Waals surface area contributed by atoms with Crippen LogP contribution < -0.4 is 10.6 Å². The van der Waals surface area contributed by atoms with Crippen molar-refractivity contribution in [3.63, 3.8) is 0 Å². The van der Waals surface area contributed by atoms with Gasteiger partial charge in [-0.15, -0.1) is 0 Å². The van der Waals surface area contributed by atoms with E-state index in [9.17, 15) is 4.39 Å². The molecule has 0 unspecified atom stereocenters. The minimum Gasteiger partial charge on any atom is -0.389 e. The first-order chi connectivity index (χ1) is 7.99. The molecule has 0 aliphatic rings. The molecule has 5 heteroatoms. The quantitative estimate of drug-likeness (QED) is 0.843. The summed E-state index contributed by atoms with van der Waals surface area (Å²) in [6.45, 7) is 2.93. The van der Waals surface area contributed by atoms with Crippen LogP contribution in [0.4, 0.5) is 10.1 Å². The van der Waals surface area contributed by atoms with Crippen LogP contribution in [0.25, 0.3) is 0 Å². The van der Waals surface area contributed by atoms with Crippen molar-refractivity contribution in [1.82, 2.24) is 0 Å². The standard InChI is InChI=1S/C12H16BrFN2S/c1-3-4-7-16(2)9-6-5-8(12(15)17)10(13)11(9)14/h5-6H,3-4,7H2,1-2H3,(H2,15,17). The Balaban J connectivity index is 3.03. The summed E-state index contributed by atoms with van der Waals surface area (Å²) in [5.74, 6) is -0.311. The molecule has 0 aliphatic carbocycles. The van der Waals surface area contributed by atoms with Gasteiger partial charge in [0, 0.05) is 19.2 Å². The Morgan fingerprint density at radius 2 is 2.18 bits per heavy atom. The van der Waals surface area contributed by atoms with Gasteiger partial charge in [0.1, 0.15) is 4.99 Å². The van der Waals surface area contributed by atoms with Crippen LogP contribution in [-0.2, 0) is 0 Å². The number of unbranched alkanes of at least 4 members (excludes halogenated alkanes) is 1. The molecule has 0 aromatic heterocycles. The molecule has 0 saturated heterocycles. The highest BCUT2D eigenvalue weighted by Gasteiger charge is 2.15. The maximum absolute atomic E-state index is 14.1. The fourth-order valence-corrected chi connectivity index (χ4v) is 2.39. The fourth-order valence-electron chi connectivity index (χ4n) is 1.54. The summed E-state index contributed by atoms with van der Waals surface area (Å²) in [4.78, 5) is 2.09. The molecule has 94 valence electrons. The Morgan fingerprint density at radius 3 is 2.71 bits per heavy atom. The van der Waals surface area contributed by atoms with E-state index in [-0.39, 0.29) is 10.8 Å². The number of nitrogens with zero attached hydrogens (tertiary/aromatic N) is 1. The Kier molecular flexibility index (Phi) is 5.33. The van der Waals surface area contributed by atoms with Crippen LogP contribution in [0.1, 0.15) is 25.3 Å². The smallest absolute Gasteiger partial charge is 0.161 e. The number of nitrogens with two attached hydrogens (primary N) is 1. The van der Waals surface area contributed by atoms with Crippen LogP contribution in [-0.4, -0.2) is 18.6 Å². The van der Waals surface area contributed by atoms with Crippen molar-refractivity contribution >= 4 is 38.8 Å². The molecule has 1 aromatic carbocycles. The molecular formula is C12H16BrFN2S. The van der Waals surface area contributed by atoms with Gasteiger partial charge in [0.25, 0.3) is 0 Å². The van der Waals surface area contributed by atoms with E-state index in [2.05, 4.69) is 22.9 Å². The van der Waals surface area contributed by atoms with Gasteiger partial charge in [-0.1, -0.05) is 25.6 Å². The molecule has 0 bridgehead atoms. The highest BCUT2D eigenvalue weighted by Crippen LogP contribution is 2.29. The predicted molar refractivity (Wildman–Crippen MR) is 78.2 cm³/mol. The monoisotopic (exact) mass is 318 g/mol. The zero-order valence-corrected chi connectivity index (χ0v) is 12.4. The summed E-state index contributed by atoms with van der Waals surface area (Å²) in [6.07, 6.45) is 2.11. The van der Waals surface area contributed by atoms with E-state index in [0.29, 0.717) is 15.7 Å².